The lowest BCUT2D eigenvalue weighted by molar-refractivity contribution is 0.117. The van der Waals surface area contributed by atoms with Crippen LogP contribution >= 0.6 is 0 Å². The van der Waals surface area contributed by atoms with Crippen molar-refractivity contribution in [2.75, 3.05) is 13.7 Å². The number of benzene rings is 2. The molecule has 0 N–H and O–H groups in total. The molecule has 130 valence electrons. The second-order valence-corrected chi connectivity index (χ2v) is 6.10. The molecule has 25 heavy (non-hydrogen) atoms. The van der Waals surface area contributed by atoms with Gasteiger partial charge >= 0.3 is 5.63 Å². The third kappa shape index (κ3) is 4.48. The van der Waals surface area contributed by atoms with Gasteiger partial charge in [0, 0.05) is 13.0 Å². The Morgan fingerprint density at radius 1 is 1.04 bits per heavy atom. The fourth-order valence-corrected chi connectivity index (χ4v) is 2.69. The highest BCUT2D eigenvalue weighted by Crippen LogP contribution is 2.19. The summed E-state index contributed by atoms with van der Waals surface area (Å²) < 4.78 is 16.2. The smallest absolute Gasteiger partial charge is 0.343 e. The van der Waals surface area contributed by atoms with Crippen molar-refractivity contribution < 1.29 is 13.9 Å². The first-order chi connectivity index (χ1) is 12.2. The van der Waals surface area contributed by atoms with Gasteiger partial charge in [-0.05, 0) is 42.5 Å². The summed E-state index contributed by atoms with van der Waals surface area (Å²) in [5.74, 6) is 1.33. The Bertz CT molecular complexity index is 894. The van der Waals surface area contributed by atoms with Crippen LogP contribution in [0.25, 0.3) is 10.8 Å². The van der Waals surface area contributed by atoms with Crippen LogP contribution < -0.4 is 10.4 Å². The number of hydrogen-bond donors (Lipinski definition) is 0. The first-order valence-corrected chi connectivity index (χ1v) is 8.40. The molecule has 4 heteroatoms. The second kappa shape index (κ2) is 7.99. The Morgan fingerprint density at radius 3 is 2.60 bits per heavy atom. The highest BCUT2D eigenvalue weighted by atomic mass is 16.5. The van der Waals surface area contributed by atoms with Crippen molar-refractivity contribution in [3.8, 4) is 5.75 Å². The zero-order valence-electron chi connectivity index (χ0n) is 14.6. The van der Waals surface area contributed by atoms with Gasteiger partial charge in [-0.1, -0.05) is 35.9 Å². The zero-order valence-corrected chi connectivity index (χ0v) is 14.6. The number of rotatable bonds is 7. The predicted octanol–water partition coefficient (Wildman–Crippen LogP) is 4.26. The number of hydrogen-bond acceptors (Lipinski definition) is 4. The van der Waals surface area contributed by atoms with E-state index in [4.69, 9.17) is 13.9 Å². The van der Waals surface area contributed by atoms with Crippen LogP contribution in [0.4, 0.5) is 0 Å². The molecule has 3 aromatic rings. The standard InChI is InChI=1S/C21H22O4/c1-15-5-7-16(8-6-15)14-24-11-3-4-19-12-17-9-10-18(23-2)13-20(17)21(22)25-19/h5-10,12-13H,3-4,11,14H2,1-2H3. The van der Waals surface area contributed by atoms with Gasteiger partial charge in [0.15, 0.2) is 0 Å². The van der Waals surface area contributed by atoms with Crippen LogP contribution in [-0.2, 0) is 17.8 Å². The van der Waals surface area contributed by atoms with Crippen molar-refractivity contribution in [1.82, 2.24) is 0 Å². The minimum Gasteiger partial charge on any atom is -0.497 e. The van der Waals surface area contributed by atoms with Gasteiger partial charge in [0.25, 0.3) is 0 Å². The van der Waals surface area contributed by atoms with Crippen LogP contribution in [0, 0.1) is 6.92 Å². The zero-order chi connectivity index (χ0) is 17.6. The molecule has 0 bridgehead atoms. The predicted molar refractivity (Wildman–Crippen MR) is 98.2 cm³/mol. The van der Waals surface area contributed by atoms with E-state index in [1.165, 1.54) is 5.56 Å². The number of fused-ring (bicyclic) bond motifs is 1. The molecule has 0 spiro atoms. The molecule has 2 aromatic carbocycles. The summed E-state index contributed by atoms with van der Waals surface area (Å²) in [4.78, 5) is 12.1. The fraction of sp³-hybridized carbons (Fsp3) is 0.286. The Labute approximate surface area is 147 Å². The molecule has 0 aliphatic rings. The van der Waals surface area contributed by atoms with Crippen LogP contribution in [0.5, 0.6) is 5.75 Å². The van der Waals surface area contributed by atoms with E-state index in [1.807, 2.05) is 18.2 Å². The van der Waals surface area contributed by atoms with Crippen molar-refractivity contribution in [3.63, 3.8) is 0 Å². The van der Waals surface area contributed by atoms with Crippen molar-refractivity contribution >= 4 is 10.8 Å². The molecule has 1 heterocycles. The molecular formula is C21H22O4. The third-order valence-corrected chi connectivity index (χ3v) is 4.12. The van der Waals surface area contributed by atoms with E-state index >= 15 is 0 Å². The lowest BCUT2D eigenvalue weighted by atomic mass is 10.1. The van der Waals surface area contributed by atoms with E-state index in [0.29, 0.717) is 36.5 Å². The van der Waals surface area contributed by atoms with E-state index in [0.717, 1.165) is 17.4 Å². The molecule has 3 rings (SSSR count). The van der Waals surface area contributed by atoms with Crippen molar-refractivity contribution in [3.05, 3.63) is 75.8 Å². The van der Waals surface area contributed by atoms with Gasteiger partial charge in [-0.25, -0.2) is 4.79 Å². The molecule has 0 aliphatic heterocycles. The molecule has 1 aromatic heterocycles. The van der Waals surface area contributed by atoms with Gasteiger partial charge in [0.2, 0.25) is 0 Å². The Balaban J connectivity index is 1.54. The molecule has 0 aliphatic carbocycles. The van der Waals surface area contributed by atoms with Crippen LogP contribution in [0.3, 0.4) is 0 Å². The minimum atomic E-state index is -0.327. The van der Waals surface area contributed by atoms with Gasteiger partial charge in [-0.3, -0.25) is 0 Å². The van der Waals surface area contributed by atoms with Crippen molar-refractivity contribution in [2.24, 2.45) is 0 Å². The van der Waals surface area contributed by atoms with E-state index in [-0.39, 0.29) is 5.63 Å². The van der Waals surface area contributed by atoms with E-state index in [1.54, 1.807) is 13.2 Å². The Morgan fingerprint density at radius 2 is 1.84 bits per heavy atom. The molecule has 0 radical (unpaired) electrons. The molecule has 4 nitrogen and oxygen atoms in total. The van der Waals surface area contributed by atoms with Crippen LogP contribution in [-0.4, -0.2) is 13.7 Å². The van der Waals surface area contributed by atoms with Crippen molar-refractivity contribution in [2.45, 2.75) is 26.4 Å². The summed E-state index contributed by atoms with van der Waals surface area (Å²) in [5.41, 5.74) is 2.08. The topological polar surface area (TPSA) is 48.7 Å². The molecule has 0 amide bonds. The molecule has 0 unspecified atom stereocenters. The number of methoxy groups -OCH3 is 1. The normalized spacial score (nSPS) is 11.0. The number of ether oxygens (including phenoxy) is 2. The largest absolute Gasteiger partial charge is 0.497 e. The van der Waals surface area contributed by atoms with Gasteiger partial charge in [0.1, 0.15) is 11.5 Å². The maximum absolute atomic E-state index is 12.1. The molecular weight excluding hydrogens is 316 g/mol. The summed E-state index contributed by atoms with van der Waals surface area (Å²) in [6.07, 6.45) is 1.47. The van der Waals surface area contributed by atoms with Crippen LogP contribution in [0.2, 0.25) is 0 Å². The molecule has 0 fully saturated rings. The van der Waals surface area contributed by atoms with Crippen LogP contribution in [0.15, 0.2) is 57.7 Å². The summed E-state index contributed by atoms with van der Waals surface area (Å²) in [6, 6.07) is 15.7. The van der Waals surface area contributed by atoms with E-state index in [2.05, 4.69) is 31.2 Å². The Kier molecular flexibility index (Phi) is 5.51. The summed E-state index contributed by atoms with van der Waals surface area (Å²) >= 11 is 0. The monoisotopic (exact) mass is 338 g/mol. The second-order valence-electron chi connectivity index (χ2n) is 6.10. The maximum atomic E-state index is 12.1. The van der Waals surface area contributed by atoms with Crippen molar-refractivity contribution in [1.29, 1.82) is 0 Å². The highest BCUT2D eigenvalue weighted by Gasteiger charge is 2.06. The summed E-state index contributed by atoms with van der Waals surface area (Å²) in [6.45, 7) is 3.29. The molecule has 0 saturated heterocycles. The average molecular weight is 338 g/mol. The van der Waals surface area contributed by atoms with E-state index < -0.39 is 0 Å². The first-order valence-electron chi connectivity index (χ1n) is 8.40. The third-order valence-electron chi connectivity index (χ3n) is 4.12. The lowest BCUT2D eigenvalue weighted by Gasteiger charge is -2.06. The Hall–Kier alpha value is -2.59. The first kappa shape index (κ1) is 17.2. The van der Waals surface area contributed by atoms with Gasteiger partial charge in [0.05, 0.1) is 19.1 Å². The quantitative estimate of drug-likeness (QED) is 0.604. The SMILES string of the molecule is COc1ccc2cc(CCCOCc3ccc(C)cc3)oc(=O)c2c1. The van der Waals surface area contributed by atoms with E-state index in [9.17, 15) is 4.79 Å². The highest BCUT2D eigenvalue weighted by molar-refractivity contribution is 5.82. The summed E-state index contributed by atoms with van der Waals surface area (Å²) in [5, 5.41) is 1.41. The minimum absolute atomic E-state index is 0.327. The lowest BCUT2D eigenvalue weighted by Crippen LogP contribution is -2.04. The summed E-state index contributed by atoms with van der Waals surface area (Å²) in [7, 11) is 1.58. The fourth-order valence-electron chi connectivity index (χ4n) is 2.69. The van der Waals surface area contributed by atoms with Crippen LogP contribution in [0.1, 0.15) is 23.3 Å². The van der Waals surface area contributed by atoms with Gasteiger partial charge < -0.3 is 13.9 Å². The molecule has 0 atom stereocenters. The van der Waals surface area contributed by atoms with Gasteiger partial charge in [-0.15, -0.1) is 0 Å². The number of aryl methyl sites for hydroxylation is 2. The molecule has 0 saturated carbocycles. The van der Waals surface area contributed by atoms with Gasteiger partial charge in [-0.2, -0.15) is 0 Å². The maximum Gasteiger partial charge on any atom is 0.343 e. The average Bonchev–Trinajstić information content (AvgIpc) is 2.63.